The molecular weight excluding hydrogens is 288 g/mol. The number of hydrogen-bond acceptors (Lipinski definition) is 5. The third-order valence-electron chi connectivity index (χ3n) is 3.96. The summed E-state index contributed by atoms with van der Waals surface area (Å²) in [5.41, 5.74) is 3.01. The summed E-state index contributed by atoms with van der Waals surface area (Å²) in [6, 6.07) is 7.78. The van der Waals surface area contributed by atoms with Crippen LogP contribution in [0.15, 0.2) is 36.8 Å². The Labute approximate surface area is 134 Å². The summed E-state index contributed by atoms with van der Waals surface area (Å²) in [7, 11) is 1.91. The van der Waals surface area contributed by atoms with Crippen molar-refractivity contribution in [3.63, 3.8) is 0 Å². The molecule has 0 bridgehead atoms. The molecule has 0 spiro atoms. The van der Waals surface area contributed by atoms with E-state index in [1.807, 2.05) is 23.7 Å². The summed E-state index contributed by atoms with van der Waals surface area (Å²) in [5, 5.41) is 12.6. The fraction of sp³-hybridized carbons (Fsp3) is 0.294. The Hall–Kier alpha value is -2.94. The van der Waals surface area contributed by atoms with Crippen molar-refractivity contribution in [2.45, 2.75) is 19.3 Å². The Kier molecular flexibility index (Phi) is 3.70. The van der Waals surface area contributed by atoms with Crippen LogP contribution in [0.25, 0.3) is 11.0 Å². The molecule has 1 aromatic carbocycles. The topological polar surface area (TPSA) is 79.4 Å². The van der Waals surface area contributed by atoms with E-state index in [2.05, 4.69) is 40.2 Å². The molecule has 116 valence electrons. The van der Waals surface area contributed by atoms with Gasteiger partial charge in [-0.05, 0) is 12.1 Å². The maximum absolute atomic E-state index is 9.25. The average Bonchev–Trinajstić information content (AvgIpc) is 2.90. The molecule has 2 aromatic heterocycles. The highest BCUT2D eigenvalue weighted by Gasteiger charge is 2.23. The number of rotatable bonds is 4. The van der Waals surface area contributed by atoms with Crippen molar-refractivity contribution in [3.05, 3.63) is 48.0 Å². The van der Waals surface area contributed by atoms with E-state index in [-0.39, 0.29) is 5.41 Å². The summed E-state index contributed by atoms with van der Waals surface area (Å²) >= 11 is 0. The Morgan fingerprint density at radius 1 is 1.30 bits per heavy atom. The Morgan fingerprint density at radius 3 is 2.83 bits per heavy atom. The molecule has 3 aromatic rings. The molecule has 6 nitrogen and oxygen atoms in total. The fourth-order valence-corrected chi connectivity index (χ4v) is 2.56. The minimum absolute atomic E-state index is 0.190. The number of fused-ring (bicyclic) bond motifs is 1. The van der Waals surface area contributed by atoms with Crippen LogP contribution in [-0.4, -0.2) is 26.1 Å². The zero-order valence-corrected chi connectivity index (χ0v) is 13.4. The van der Waals surface area contributed by atoms with Gasteiger partial charge >= 0.3 is 0 Å². The molecule has 23 heavy (non-hydrogen) atoms. The van der Waals surface area contributed by atoms with E-state index in [9.17, 15) is 5.26 Å². The fourth-order valence-electron chi connectivity index (χ4n) is 2.56. The van der Waals surface area contributed by atoms with Crippen LogP contribution >= 0.6 is 0 Å². The summed E-state index contributed by atoms with van der Waals surface area (Å²) in [6.07, 6.45) is 5.15. The predicted molar refractivity (Wildman–Crippen MR) is 89.0 cm³/mol. The smallest absolute Gasteiger partial charge is 0.203 e. The van der Waals surface area contributed by atoms with Gasteiger partial charge in [-0.3, -0.25) is 9.97 Å². The van der Waals surface area contributed by atoms with E-state index >= 15 is 0 Å². The van der Waals surface area contributed by atoms with Gasteiger partial charge < -0.3 is 9.88 Å². The molecule has 1 N–H and O–H groups in total. The molecule has 6 heteroatoms. The van der Waals surface area contributed by atoms with Gasteiger partial charge in [0.25, 0.3) is 0 Å². The molecule has 0 amide bonds. The maximum Gasteiger partial charge on any atom is 0.203 e. The zero-order valence-electron chi connectivity index (χ0n) is 13.4. The predicted octanol–water partition coefficient (Wildman–Crippen LogP) is 2.62. The Morgan fingerprint density at radius 2 is 2.13 bits per heavy atom. The largest absolute Gasteiger partial charge is 0.355 e. The highest BCUT2D eigenvalue weighted by molar-refractivity contribution is 5.84. The maximum atomic E-state index is 9.25. The number of imidazole rings is 1. The lowest BCUT2D eigenvalue weighted by molar-refractivity contribution is 0.533. The van der Waals surface area contributed by atoms with Gasteiger partial charge in [0.1, 0.15) is 6.07 Å². The van der Waals surface area contributed by atoms with Crippen molar-refractivity contribution in [1.82, 2.24) is 19.5 Å². The quantitative estimate of drug-likeness (QED) is 0.801. The first-order valence-electron chi connectivity index (χ1n) is 7.39. The van der Waals surface area contributed by atoms with Crippen LogP contribution in [0.3, 0.4) is 0 Å². The average molecular weight is 306 g/mol. The van der Waals surface area contributed by atoms with Crippen molar-refractivity contribution >= 4 is 17.0 Å². The third kappa shape index (κ3) is 2.73. The summed E-state index contributed by atoms with van der Waals surface area (Å²) in [4.78, 5) is 13.1. The Balaban J connectivity index is 1.88. The van der Waals surface area contributed by atoms with Crippen molar-refractivity contribution in [2.75, 3.05) is 11.9 Å². The van der Waals surface area contributed by atoms with Gasteiger partial charge in [0, 0.05) is 37.6 Å². The number of anilines is 1. The van der Waals surface area contributed by atoms with Gasteiger partial charge in [0.2, 0.25) is 5.95 Å². The molecule has 0 fully saturated rings. The van der Waals surface area contributed by atoms with Crippen LogP contribution in [0, 0.1) is 11.3 Å². The number of aryl methyl sites for hydroxylation is 1. The molecule has 0 aliphatic heterocycles. The van der Waals surface area contributed by atoms with Crippen molar-refractivity contribution in [3.8, 4) is 6.07 Å². The molecule has 0 atom stereocenters. The van der Waals surface area contributed by atoms with Crippen LogP contribution in [0.1, 0.15) is 25.1 Å². The van der Waals surface area contributed by atoms with Crippen LogP contribution in [-0.2, 0) is 12.5 Å². The van der Waals surface area contributed by atoms with Crippen molar-refractivity contribution in [1.29, 1.82) is 5.26 Å². The molecule has 0 unspecified atom stereocenters. The number of hydrogen-bond donors (Lipinski definition) is 1. The minimum Gasteiger partial charge on any atom is -0.355 e. The third-order valence-corrected chi connectivity index (χ3v) is 3.96. The normalized spacial score (nSPS) is 11.4. The minimum atomic E-state index is -0.190. The lowest BCUT2D eigenvalue weighted by Gasteiger charge is -2.24. The molecule has 3 rings (SSSR count). The number of nitrogens with zero attached hydrogens (tertiary/aromatic N) is 5. The van der Waals surface area contributed by atoms with Crippen LogP contribution < -0.4 is 5.32 Å². The molecule has 0 saturated heterocycles. The lowest BCUT2D eigenvalue weighted by atomic mass is 9.89. The van der Waals surface area contributed by atoms with Crippen molar-refractivity contribution in [2.24, 2.45) is 7.05 Å². The molecule has 0 radical (unpaired) electrons. The second kappa shape index (κ2) is 5.69. The Bertz CT molecular complexity index is 873. The van der Waals surface area contributed by atoms with Gasteiger partial charge in [-0.25, -0.2) is 4.98 Å². The number of nitrogens with one attached hydrogen (secondary N) is 1. The van der Waals surface area contributed by atoms with E-state index in [0.717, 1.165) is 22.7 Å². The number of benzene rings is 1. The molecule has 0 aliphatic rings. The van der Waals surface area contributed by atoms with E-state index in [1.54, 1.807) is 24.7 Å². The second-order valence-electron chi connectivity index (χ2n) is 6.11. The molecule has 0 saturated carbocycles. The van der Waals surface area contributed by atoms with Gasteiger partial charge in [-0.1, -0.05) is 19.9 Å². The van der Waals surface area contributed by atoms with Crippen LogP contribution in [0.5, 0.6) is 0 Å². The van der Waals surface area contributed by atoms with E-state index in [1.165, 1.54) is 0 Å². The number of para-hydroxylation sites is 1. The second-order valence-corrected chi connectivity index (χ2v) is 6.11. The number of aromatic nitrogens is 4. The molecule has 2 heterocycles. The molecule has 0 aliphatic carbocycles. The highest BCUT2D eigenvalue weighted by Crippen LogP contribution is 2.24. The number of nitriles is 1. The first-order valence-corrected chi connectivity index (χ1v) is 7.39. The monoisotopic (exact) mass is 306 g/mol. The first kappa shape index (κ1) is 15.0. The summed E-state index contributed by atoms with van der Waals surface area (Å²) in [5.74, 6) is 0.736. The van der Waals surface area contributed by atoms with E-state index in [4.69, 9.17) is 0 Å². The molecular formula is C17H18N6. The SMILES string of the molecule is Cn1c(NCC(C)(C)c2cnccn2)nc2cccc(C#N)c21. The van der Waals surface area contributed by atoms with Gasteiger partial charge in [-0.15, -0.1) is 0 Å². The lowest BCUT2D eigenvalue weighted by Crippen LogP contribution is -2.29. The first-order chi connectivity index (χ1) is 11.0. The van der Waals surface area contributed by atoms with Crippen LogP contribution in [0.4, 0.5) is 5.95 Å². The van der Waals surface area contributed by atoms with E-state index in [0.29, 0.717) is 12.1 Å². The van der Waals surface area contributed by atoms with Gasteiger partial charge in [0.05, 0.1) is 22.3 Å². The summed E-state index contributed by atoms with van der Waals surface area (Å²) < 4.78 is 1.92. The standard InChI is InChI=1S/C17H18N6/c1-17(2,14-10-19-7-8-20-14)11-21-16-22-13-6-4-5-12(9-18)15(13)23(16)3/h4-8,10H,11H2,1-3H3,(H,21,22). The van der Waals surface area contributed by atoms with Crippen molar-refractivity contribution < 1.29 is 0 Å². The van der Waals surface area contributed by atoms with Crippen LogP contribution in [0.2, 0.25) is 0 Å². The van der Waals surface area contributed by atoms with Gasteiger partial charge in [-0.2, -0.15) is 5.26 Å². The highest BCUT2D eigenvalue weighted by atomic mass is 15.2. The van der Waals surface area contributed by atoms with E-state index < -0.39 is 0 Å². The summed E-state index contributed by atoms with van der Waals surface area (Å²) in [6.45, 7) is 4.87. The zero-order chi connectivity index (χ0) is 16.4. The van der Waals surface area contributed by atoms with Gasteiger partial charge in [0.15, 0.2) is 0 Å².